The van der Waals surface area contributed by atoms with Gasteiger partial charge in [-0.25, -0.2) is 17.8 Å². The fraction of sp³-hybridized carbons (Fsp3) is 0.433. The predicted molar refractivity (Wildman–Crippen MR) is 152 cm³/mol. The molecule has 1 heterocycles. The zero-order chi connectivity index (χ0) is 30.8. The first-order valence-electron chi connectivity index (χ1n) is 13.4. The molecule has 0 saturated heterocycles. The van der Waals surface area contributed by atoms with Crippen molar-refractivity contribution in [1.82, 2.24) is 14.5 Å². The summed E-state index contributed by atoms with van der Waals surface area (Å²) < 4.78 is 80.3. The van der Waals surface area contributed by atoms with Crippen LogP contribution in [0.2, 0.25) is 0 Å². The third-order valence-corrected chi connectivity index (χ3v) is 9.02. The van der Waals surface area contributed by atoms with Crippen molar-refractivity contribution >= 4 is 15.7 Å². The van der Waals surface area contributed by atoms with Crippen molar-refractivity contribution in [3.63, 3.8) is 0 Å². The number of aliphatic hydroxyl groups is 1. The first-order chi connectivity index (χ1) is 19.8. The van der Waals surface area contributed by atoms with E-state index in [4.69, 9.17) is 4.98 Å². The van der Waals surface area contributed by atoms with Gasteiger partial charge in [0, 0.05) is 23.9 Å². The van der Waals surface area contributed by atoms with Crippen molar-refractivity contribution in [1.29, 1.82) is 5.26 Å². The van der Waals surface area contributed by atoms with Gasteiger partial charge in [-0.15, -0.1) is 0 Å². The molecule has 4 rings (SSSR count). The number of nitrogens with zero attached hydrogens (tertiary/aromatic N) is 4. The zero-order valence-corrected chi connectivity index (χ0v) is 23.8. The van der Waals surface area contributed by atoms with E-state index < -0.39 is 51.5 Å². The van der Waals surface area contributed by atoms with Gasteiger partial charge in [0.2, 0.25) is 5.91 Å². The van der Waals surface area contributed by atoms with E-state index in [9.17, 15) is 41.1 Å². The SMILES string of the molecule is C.CCS(=O)(=O)CCN(C(=O)Cc1ccc(F)c(C(F)(F)F)c1)[C@H](C)c1nc(C2CC2)c(CO)n1-c1ccc(C#N)cc1. The van der Waals surface area contributed by atoms with Gasteiger partial charge in [-0.3, -0.25) is 9.36 Å². The van der Waals surface area contributed by atoms with Gasteiger partial charge in [-0.05, 0) is 61.7 Å². The number of halogens is 4. The quantitative estimate of drug-likeness (QED) is 0.284. The third-order valence-electron chi connectivity index (χ3n) is 7.33. The summed E-state index contributed by atoms with van der Waals surface area (Å²) in [6.07, 6.45) is -3.79. The molecule has 1 aliphatic rings. The Morgan fingerprint density at radius 2 is 1.86 bits per heavy atom. The summed E-state index contributed by atoms with van der Waals surface area (Å²) in [5.41, 5.74) is 0.506. The molecule has 0 bridgehead atoms. The molecule has 1 saturated carbocycles. The number of benzene rings is 2. The van der Waals surface area contributed by atoms with Crippen LogP contribution in [0.4, 0.5) is 17.6 Å². The Labute approximate surface area is 248 Å². The van der Waals surface area contributed by atoms with Crippen LogP contribution in [0.25, 0.3) is 5.69 Å². The number of carbonyl (C=O) groups excluding carboxylic acids is 1. The van der Waals surface area contributed by atoms with E-state index in [2.05, 4.69) is 0 Å². The van der Waals surface area contributed by atoms with Gasteiger partial charge in [0.15, 0.2) is 9.84 Å². The summed E-state index contributed by atoms with van der Waals surface area (Å²) in [7, 11) is -3.54. The average molecular weight is 623 g/mol. The van der Waals surface area contributed by atoms with Gasteiger partial charge in [0.25, 0.3) is 0 Å². The number of hydrogen-bond donors (Lipinski definition) is 1. The summed E-state index contributed by atoms with van der Waals surface area (Å²) >= 11 is 0. The highest BCUT2D eigenvalue weighted by molar-refractivity contribution is 7.91. The Morgan fingerprint density at radius 1 is 1.21 bits per heavy atom. The number of nitriles is 1. The van der Waals surface area contributed by atoms with Gasteiger partial charge in [0.05, 0.1) is 53.4 Å². The maximum atomic E-state index is 13.9. The molecule has 1 aromatic heterocycles. The van der Waals surface area contributed by atoms with Crippen molar-refractivity contribution in [2.45, 2.75) is 65.3 Å². The van der Waals surface area contributed by atoms with Crippen LogP contribution in [0.3, 0.4) is 0 Å². The van der Waals surface area contributed by atoms with Crippen LogP contribution in [0.5, 0.6) is 0 Å². The Bertz CT molecular complexity index is 1610. The lowest BCUT2D eigenvalue weighted by atomic mass is 10.1. The molecule has 8 nitrogen and oxygen atoms in total. The van der Waals surface area contributed by atoms with E-state index in [0.29, 0.717) is 40.6 Å². The monoisotopic (exact) mass is 622 g/mol. The minimum atomic E-state index is -4.96. The third kappa shape index (κ3) is 7.61. The Morgan fingerprint density at radius 3 is 2.40 bits per heavy atom. The molecule has 1 atom stereocenters. The van der Waals surface area contributed by atoms with Crippen LogP contribution >= 0.6 is 0 Å². The lowest BCUT2D eigenvalue weighted by Gasteiger charge is -2.30. The van der Waals surface area contributed by atoms with Crippen LogP contribution in [0.1, 0.15) is 80.0 Å². The molecule has 1 fully saturated rings. The zero-order valence-electron chi connectivity index (χ0n) is 23.0. The topological polar surface area (TPSA) is 116 Å². The summed E-state index contributed by atoms with van der Waals surface area (Å²) in [6.45, 7) is 2.45. The molecule has 13 heteroatoms. The van der Waals surface area contributed by atoms with Crippen molar-refractivity contribution in [2.24, 2.45) is 0 Å². The van der Waals surface area contributed by atoms with E-state index in [0.717, 1.165) is 18.9 Å². The van der Waals surface area contributed by atoms with Gasteiger partial charge >= 0.3 is 6.18 Å². The maximum Gasteiger partial charge on any atom is 0.419 e. The van der Waals surface area contributed by atoms with Crippen LogP contribution in [-0.4, -0.2) is 51.9 Å². The van der Waals surface area contributed by atoms with Crippen LogP contribution < -0.4 is 0 Å². The van der Waals surface area contributed by atoms with E-state index >= 15 is 0 Å². The molecule has 232 valence electrons. The number of sulfone groups is 1. The van der Waals surface area contributed by atoms with Crippen molar-refractivity contribution < 1.29 is 35.9 Å². The lowest BCUT2D eigenvalue weighted by molar-refractivity contribution is -0.140. The standard InChI is InChI=1S/C29H30F4N4O4S.CH4/c1-3-42(40,41)13-12-36(26(39)15-20-6-11-24(30)23(14-20)29(31,32)33)18(2)28-35-27(21-7-8-21)25(17-38)37(28)22-9-4-19(16-34)5-10-22;/h4-6,9-11,14,18,21,38H,3,7-8,12-13,15,17H2,1-2H3;1H4/t18-;/m1./s1. The van der Waals surface area contributed by atoms with E-state index in [1.54, 1.807) is 35.8 Å². The van der Waals surface area contributed by atoms with Gasteiger partial charge < -0.3 is 10.0 Å². The maximum absolute atomic E-state index is 13.9. The number of aromatic nitrogens is 2. The molecule has 43 heavy (non-hydrogen) atoms. The molecular weight excluding hydrogens is 588 g/mol. The van der Waals surface area contributed by atoms with Gasteiger partial charge in [0.1, 0.15) is 11.6 Å². The number of aliphatic hydroxyl groups excluding tert-OH is 1. The summed E-state index contributed by atoms with van der Waals surface area (Å²) in [5.74, 6) is -2.29. The van der Waals surface area contributed by atoms with Crippen molar-refractivity contribution in [3.8, 4) is 11.8 Å². The Kier molecular flexibility index (Phi) is 10.4. The fourth-order valence-corrected chi connectivity index (χ4v) is 5.57. The van der Waals surface area contributed by atoms with Crippen molar-refractivity contribution in [2.75, 3.05) is 18.1 Å². The number of imidazole rings is 1. The number of amides is 1. The molecule has 3 aromatic rings. The predicted octanol–water partition coefficient (Wildman–Crippen LogP) is 5.47. The Balaban J connectivity index is 0.00000506. The van der Waals surface area contributed by atoms with Gasteiger partial charge in [-0.1, -0.05) is 20.4 Å². The van der Waals surface area contributed by atoms with Crippen LogP contribution in [-0.2, 0) is 33.8 Å². The Hall–Kier alpha value is -3.76. The molecular formula is C30H34F4N4O4S. The van der Waals surface area contributed by atoms with Crippen LogP contribution in [0.15, 0.2) is 42.5 Å². The second kappa shape index (κ2) is 13.3. The lowest BCUT2D eigenvalue weighted by Crippen LogP contribution is -2.39. The highest BCUT2D eigenvalue weighted by Gasteiger charge is 2.36. The number of rotatable bonds is 11. The summed E-state index contributed by atoms with van der Waals surface area (Å²) in [5, 5.41) is 19.6. The highest BCUT2D eigenvalue weighted by Crippen LogP contribution is 2.43. The molecule has 1 amide bonds. The minimum absolute atomic E-state index is 0. The average Bonchev–Trinajstić information content (AvgIpc) is 3.72. The summed E-state index contributed by atoms with van der Waals surface area (Å²) in [6, 6.07) is 9.97. The first kappa shape index (κ1) is 33.7. The fourth-order valence-electron chi connectivity index (χ4n) is 4.81. The summed E-state index contributed by atoms with van der Waals surface area (Å²) in [4.78, 5) is 19.7. The number of alkyl halides is 3. The molecule has 0 aliphatic heterocycles. The highest BCUT2D eigenvalue weighted by atomic mass is 32.2. The second-order valence-electron chi connectivity index (χ2n) is 10.2. The number of hydrogen-bond acceptors (Lipinski definition) is 6. The smallest absolute Gasteiger partial charge is 0.390 e. The second-order valence-corrected chi connectivity index (χ2v) is 12.7. The normalized spacial score (nSPS) is 14.1. The minimum Gasteiger partial charge on any atom is -0.390 e. The van der Waals surface area contributed by atoms with Crippen molar-refractivity contribution in [3.05, 3.63) is 82.2 Å². The molecule has 0 spiro atoms. The van der Waals surface area contributed by atoms with E-state index in [-0.39, 0.29) is 37.8 Å². The van der Waals surface area contributed by atoms with E-state index in [1.807, 2.05) is 6.07 Å². The van der Waals surface area contributed by atoms with E-state index in [1.165, 1.54) is 11.8 Å². The first-order valence-corrected chi connectivity index (χ1v) is 15.2. The largest absolute Gasteiger partial charge is 0.419 e. The molecule has 2 aromatic carbocycles. The molecule has 0 radical (unpaired) electrons. The van der Waals surface area contributed by atoms with Gasteiger partial charge in [-0.2, -0.15) is 18.4 Å². The molecule has 1 aliphatic carbocycles. The molecule has 0 unspecified atom stereocenters. The number of carbonyl (C=O) groups is 1. The van der Waals surface area contributed by atoms with Crippen LogP contribution in [0, 0.1) is 17.1 Å². The molecule has 1 N–H and O–H groups in total.